The molecule has 0 saturated heterocycles. The summed E-state index contributed by atoms with van der Waals surface area (Å²) in [5.41, 5.74) is 3.38. The van der Waals surface area contributed by atoms with Crippen molar-refractivity contribution in [3.05, 3.63) is 65.2 Å². The number of carbonyl (C=O) groups is 1. The highest BCUT2D eigenvalue weighted by atomic mass is 16.5. The molecule has 0 aliphatic heterocycles. The summed E-state index contributed by atoms with van der Waals surface area (Å²) >= 11 is 0. The summed E-state index contributed by atoms with van der Waals surface area (Å²) in [5, 5.41) is 0. The van der Waals surface area contributed by atoms with Crippen molar-refractivity contribution in [2.75, 3.05) is 6.61 Å². The maximum absolute atomic E-state index is 12.6. The lowest BCUT2D eigenvalue weighted by atomic mass is 9.95. The Kier molecular flexibility index (Phi) is 3.55. The summed E-state index contributed by atoms with van der Waals surface area (Å²) in [6.45, 7) is 2.56. The predicted molar refractivity (Wildman–Crippen MR) is 79.3 cm³/mol. The minimum Gasteiger partial charge on any atom is -0.494 e. The molecular formula is C18H18O2. The van der Waals surface area contributed by atoms with E-state index in [0.717, 1.165) is 24.2 Å². The van der Waals surface area contributed by atoms with Crippen LogP contribution in [0.15, 0.2) is 48.5 Å². The molecule has 0 spiro atoms. The Labute approximate surface area is 119 Å². The molecule has 1 aliphatic rings. The first-order chi connectivity index (χ1) is 9.78. The van der Waals surface area contributed by atoms with E-state index in [1.165, 1.54) is 11.1 Å². The average Bonchev–Trinajstić information content (AvgIpc) is 2.91. The van der Waals surface area contributed by atoms with Gasteiger partial charge in [0.05, 0.1) is 6.61 Å². The van der Waals surface area contributed by atoms with E-state index in [-0.39, 0.29) is 11.7 Å². The fourth-order valence-corrected chi connectivity index (χ4v) is 2.89. The number of rotatable bonds is 4. The molecule has 0 N–H and O–H groups in total. The first-order valence-electron chi connectivity index (χ1n) is 7.12. The second-order valence-electron chi connectivity index (χ2n) is 5.20. The quantitative estimate of drug-likeness (QED) is 0.789. The Bertz CT molecular complexity index is 606. The zero-order valence-electron chi connectivity index (χ0n) is 11.6. The maximum Gasteiger partial charge on any atom is 0.166 e. The average molecular weight is 266 g/mol. The lowest BCUT2D eigenvalue weighted by Gasteiger charge is -2.09. The smallest absolute Gasteiger partial charge is 0.166 e. The second-order valence-corrected chi connectivity index (χ2v) is 5.20. The van der Waals surface area contributed by atoms with Crippen molar-refractivity contribution >= 4 is 5.78 Å². The highest BCUT2D eigenvalue weighted by Crippen LogP contribution is 2.29. The molecule has 0 atom stereocenters. The minimum absolute atomic E-state index is 0.0734. The van der Waals surface area contributed by atoms with Crippen molar-refractivity contribution in [2.24, 2.45) is 5.92 Å². The molecule has 0 heterocycles. The Morgan fingerprint density at radius 2 is 1.80 bits per heavy atom. The molecule has 2 nitrogen and oxygen atoms in total. The van der Waals surface area contributed by atoms with E-state index in [1.54, 1.807) is 0 Å². The fourth-order valence-electron chi connectivity index (χ4n) is 2.89. The molecule has 0 unspecified atom stereocenters. The number of carbonyl (C=O) groups excluding carboxylic acids is 1. The van der Waals surface area contributed by atoms with Crippen molar-refractivity contribution < 1.29 is 9.53 Å². The summed E-state index contributed by atoms with van der Waals surface area (Å²) in [5.74, 6) is 1.07. The summed E-state index contributed by atoms with van der Waals surface area (Å²) in [6.07, 6.45) is 1.71. The van der Waals surface area contributed by atoms with E-state index in [2.05, 4.69) is 12.1 Å². The van der Waals surface area contributed by atoms with E-state index < -0.39 is 0 Å². The zero-order chi connectivity index (χ0) is 13.9. The normalized spacial score (nSPS) is 14.1. The molecule has 0 radical (unpaired) electrons. The number of hydrogen-bond donors (Lipinski definition) is 0. The van der Waals surface area contributed by atoms with Crippen LogP contribution in [0.4, 0.5) is 0 Å². The van der Waals surface area contributed by atoms with E-state index in [4.69, 9.17) is 4.74 Å². The fraction of sp³-hybridized carbons (Fsp3) is 0.278. The van der Waals surface area contributed by atoms with Gasteiger partial charge in [-0.25, -0.2) is 0 Å². The van der Waals surface area contributed by atoms with Crippen LogP contribution in [0.5, 0.6) is 5.75 Å². The molecule has 2 aromatic carbocycles. The van der Waals surface area contributed by atoms with E-state index in [0.29, 0.717) is 6.61 Å². The van der Waals surface area contributed by atoms with Gasteiger partial charge in [0, 0.05) is 11.5 Å². The Hall–Kier alpha value is -2.09. The number of fused-ring (bicyclic) bond motifs is 1. The van der Waals surface area contributed by atoms with Gasteiger partial charge < -0.3 is 4.74 Å². The van der Waals surface area contributed by atoms with E-state index in [1.807, 2.05) is 43.3 Å². The number of benzene rings is 2. The van der Waals surface area contributed by atoms with Crippen molar-refractivity contribution in [3.8, 4) is 5.75 Å². The first kappa shape index (κ1) is 12.9. The SMILES string of the molecule is CCOc1cccc(C(=O)C2Cc3ccccc3C2)c1. The van der Waals surface area contributed by atoms with Crippen LogP contribution in [-0.2, 0) is 12.8 Å². The number of ketones is 1. The molecule has 2 heteroatoms. The molecule has 2 aromatic rings. The van der Waals surface area contributed by atoms with E-state index in [9.17, 15) is 4.79 Å². The zero-order valence-corrected chi connectivity index (χ0v) is 11.6. The van der Waals surface area contributed by atoms with Gasteiger partial charge in [0.2, 0.25) is 0 Å². The molecule has 0 aromatic heterocycles. The van der Waals surface area contributed by atoms with Gasteiger partial charge in [-0.15, -0.1) is 0 Å². The van der Waals surface area contributed by atoms with Crippen LogP contribution in [0.25, 0.3) is 0 Å². The predicted octanol–water partition coefficient (Wildman–Crippen LogP) is 3.68. The molecule has 20 heavy (non-hydrogen) atoms. The van der Waals surface area contributed by atoms with Crippen LogP contribution in [0.1, 0.15) is 28.4 Å². The molecular weight excluding hydrogens is 248 g/mol. The first-order valence-corrected chi connectivity index (χ1v) is 7.12. The van der Waals surface area contributed by atoms with Crippen molar-refractivity contribution in [1.82, 2.24) is 0 Å². The molecule has 0 fully saturated rings. The minimum atomic E-state index is 0.0734. The summed E-state index contributed by atoms with van der Waals surface area (Å²) in [4.78, 5) is 12.6. The third-order valence-corrected chi connectivity index (χ3v) is 3.85. The van der Waals surface area contributed by atoms with Crippen LogP contribution >= 0.6 is 0 Å². The van der Waals surface area contributed by atoms with Gasteiger partial charge in [-0.1, -0.05) is 36.4 Å². The second kappa shape index (κ2) is 5.49. The number of Topliss-reactive ketones (excluding diaryl/α,β-unsaturated/α-hetero) is 1. The van der Waals surface area contributed by atoms with Crippen LogP contribution in [-0.4, -0.2) is 12.4 Å². The topological polar surface area (TPSA) is 26.3 Å². The molecule has 0 amide bonds. The number of ether oxygens (including phenoxy) is 1. The third-order valence-electron chi connectivity index (χ3n) is 3.85. The van der Waals surface area contributed by atoms with Gasteiger partial charge in [0.15, 0.2) is 5.78 Å². The summed E-state index contributed by atoms with van der Waals surface area (Å²) in [6, 6.07) is 15.9. The summed E-state index contributed by atoms with van der Waals surface area (Å²) in [7, 11) is 0. The molecule has 0 bridgehead atoms. The lowest BCUT2D eigenvalue weighted by Crippen LogP contribution is -2.15. The van der Waals surface area contributed by atoms with Gasteiger partial charge in [-0.2, -0.15) is 0 Å². The highest BCUT2D eigenvalue weighted by molar-refractivity contribution is 5.98. The lowest BCUT2D eigenvalue weighted by molar-refractivity contribution is 0.0924. The van der Waals surface area contributed by atoms with Gasteiger partial charge in [0.1, 0.15) is 5.75 Å². The van der Waals surface area contributed by atoms with Crippen molar-refractivity contribution in [1.29, 1.82) is 0 Å². The highest BCUT2D eigenvalue weighted by Gasteiger charge is 2.27. The van der Waals surface area contributed by atoms with Gasteiger partial charge >= 0.3 is 0 Å². The standard InChI is InChI=1S/C18H18O2/c1-2-20-17-9-5-8-15(12-17)18(19)16-10-13-6-3-4-7-14(13)11-16/h3-9,12,16H,2,10-11H2,1H3. The molecule has 1 aliphatic carbocycles. The Morgan fingerprint density at radius 3 is 2.45 bits per heavy atom. The third kappa shape index (κ3) is 2.46. The number of hydrogen-bond acceptors (Lipinski definition) is 2. The van der Waals surface area contributed by atoms with Gasteiger partial charge in [-0.3, -0.25) is 4.79 Å². The maximum atomic E-state index is 12.6. The van der Waals surface area contributed by atoms with Crippen LogP contribution in [0, 0.1) is 5.92 Å². The van der Waals surface area contributed by atoms with Crippen molar-refractivity contribution in [2.45, 2.75) is 19.8 Å². The van der Waals surface area contributed by atoms with E-state index >= 15 is 0 Å². The van der Waals surface area contributed by atoms with Gasteiger partial charge in [-0.05, 0) is 43.0 Å². The molecule has 102 valence electrons. The molecule has 0 saturated carbocycles. The van der Waals surface area contributed by atoms with Crippen molar-refractivity contribution in [3.63, 3.8) is 0 Å². The summed E-state index contributed by atoms with van der Waals surface area (Å²) < 4.78 is 5.47. The van der Waals surface area contributed by atoms with Crippen LogP contribution < -0.4 is 4.74 Å². The largest absolute Gasteiger partial charge is 0.494 e. The monoisotopic (exact) mass is 266 g/mol. The van der Waals surface area contributed by atoms with Crippen LogP contribution in [0.2, 0.25) is 0 Å². The van der Waals surface area contributed by atoms with Gasteiger partial charge in [0.25, 0.3) is 0 Å². The Morgan fingerprint density at radius 1 is 1.10 bits per heavy atom. The molecule has 3 rings (SSSR count). The van der Waals surface area contributed by atoms with Crippen LogP contribution in [0.3, 0.4) is 0 Å². The Balaban J connectivity index is 1.79.